The summed E-state index contributed by atoms with van der Waals surface area (Å²) in [6.45, 7) is 2.81. The van der Waals surface area contributed by atoms with Gasteiger partial charge < -0.3 is 4.74 Å². The van der Waals surface area contributed by atoms with Crippen LogP contribution in [0.1, 0.15) is 24.5 Å². The van der Waals surface area contributed by atoms with Crippen LogP contribution in [0, 0.1) is 29.5 Å². The molecule has 3 aromatic carbocycles. The number of benzene rings is 3. The molecule has 0 heterocycles. The van der Waals surface area contributed by atoms with E-state index in [2.05, 4.69) is 30.6 Å². The molecule has 0 atom stereocenters. The van der Waals surface area contributed by atoms with E-state index in [1.54, 1.807) is 12.1 Å². The van der Waals surface area contributed by atoms with E-state index in [-0.39, 0.29) is 5.82 Å². The average Bonchev–Trinajstić information content (AvgIpc) is 2.65. The fourth-order valence-electron chi connectivity index (χ4n) is 2.35. The summed E-state index contributed by atoms with van der Waals surface area (Å²) in [5, 5.41) is 2.23. The van der Waals surface area contributed by atoms with Gasteiger partial charge in [-0.3, -0.25) is 0 Å². The van der Waals surface area contributed by atoms with Gasteiger partial charge in [0.25, 0.3) is 0 Å². The summed E-state index contributed by atoms with van der Waals surface area (Å²) >= 11 is 0. The molecule has 25 heavy (non-hydrogen) atoms. The van der Waals surface area contributed by atoms with E-state index in [1.165, 1.54) is 12.1 Å². The van der Waals surface area contributed by atoms with Crippen molar-refractivity contribution in [2.75, 3.05) is 6.61 Å². The predicted octanol–water partition coefficient (Wildman–Crippen LogP) is 5.17. The second kappa shape index (κ2) is 8.04. The fourth-order valence-corrected chi connectivity index (χ4v) is 2.35. The first-order valence-electron chi connectivity index (χ1n) is 8.19. The minimum Gasteiger partial charge on any atom is -0.494 e. The molecule has 0 aromatic heterocycles. The second-order valence-electron chi connectivity index (χ2n) is 5.58. The van der Waals surface area contributed by atoms with Gasteiger partial charge in [0.15, 0.2) is 0 Å². The maximum atomic E-state index is 12.8. The van der Waals surface area contributed by atoms with Crippen LogP contribution >= 0.6 is 0 Å². The lowest BCUT2D eigenvalue weighted by atomic mass is 10.1. The molecule has 3 aromatic rings. The van der Waals surface area contributed by atoms with Crippen LogP contribution in [0.15, 0.2) is 60.7 Å². The molecule has 1 nitrogen and oxygen atoms in total. The third-order valence-electron chi connectivity index (χ3n) is 3.60. The second-order valence-corrected chi connectivity index (χ2v) is 5.58. The minimum atomic E-state index is -0.268. The predicted molar refractivity (Wildman–Crippen MR) is 99.9 cm³/mol. The molecule has 0 spiro atoms. The number of hydrogen-bond donors (Lipinski definition) is 0. The highest BCUT2D eigenvalue weighted by atomic mass is 19.1. The van der Waals surface area contributed by atoms with Crippen molar-refractivity contribution in [2.45, 2.75) is 13.3 Å². The molecule has 0 aliphatic heterocycles. The molecule has 0 saturated heterocycles. The summed E-state index contributed by atoms with van der Waals surface area (Å²) in [7, 11) is 0. The number of ether oxygens (including phenoxy) is 1. The molecule has 2 heteroatoms. The Balaban J connectivity index is 1.76. The molecule has 0 amide bonds. The molecule has 122 valence electrons. The molecule has 0 aliphatic rings. The lowest BCUT2D eigenvalue weighted by molar-refractivity contribution is 0.318. The number of hydrogen-bond acceptors (Lipinski definition) is 1. The quantitative estimate of drug-likeness (QED) is 0.603. The van der Waals surface area contributed by atoms with Gasteiger partial charge in [-0.2, -0.15) is 0 Å². The maximum Gasteiger partial charge on any atom is 0.123 e. The van der Waals surface area contributed by atoms with Crippen LogP contribution in [0.2, 0.25) is 0 Å². The van der Waals surface area contributed by atoms with Crippen LogP contribution in [-0.2, 0) is 0 Å². The van der Waals surface area contributed by atoms with E-state index in [1.807, 2.05) is 36.4 Å². The summed E-state index contributed by atoms with van der Waals surface area (Å²) in [6.07, 6.45) is 0.992. The highest BCUT2D eigenvalue weighted by Gasteiger charge is 1.98. The van der Waals surface area contributed by atoms with Crippen molar-refractivity contribution >= 4 is 10.8 Å². The van der Waals surface area contributed by atoms with Crippen molar-refractivity contribution in [1.82, 2.24) is 0 Å². The Labute approximate surface area is 147 Å². The van der Waals surface area contributed by atoms with Gasteiger partial charge in [-0.1, -0.05) is 30.9 Å². The molecule has 0 saturated carbocycles. The fraction of sp³-hybridized carbons (Fsp3) is 0.130. The van der Waals surface area contributed by atoms with Gasteiger partial charge in [0, 0.05) is 11.1 Å². The van der Waals surface area contributed by atoms with E-state index in [0.717, 1.165) is 40.7 Å². The zero-order chi connectivity index (χ0) is 17.5. The Bertz CT molecular complexity index is 995. The van der Waals surface area contributed by atoms with Crippen molar-refractivity contribution in [3.8, 4) is 29.4 Å². The van der Waals surface area contributed by atoms with Gasteiger partial charge >= 0.3 is 0 Å². The lowest BCUT2D eigenvalue weighted by Gasteiger charge is -2.06. The van der Waals surface area contributed by atoms with E-state index >= 15 is 0 Å². The van der Waals surface area contributed by atoms with Crippen LogP contribution in [0.25, 0.3) is 10.8 Å². The van der Waals surface area contributed by atoms with Gasteiger partial charge in [-0.25, -0.2) is 4.39 Å². The monoisotopic (exact) mass is 328 g/mol. The van der Waals surface area contributed by atoms with Crippen LogP contribution in [-0.4, -0.2) is 6.61 Å². The molecule has 0 bridgehead atoms. The van der Waals surface area contributed by atoms with Crippen LogP contribution in [0.3, 0.4) is 0 Å². The van der Waals surface area contributed by atoms with Gasteiger partial charge in [0.05, 0.1) is 6.61 Å². The van der Waals surface area contributed by atoms with Crippen LogP contribution in [0.4, 0.5) is 4.39 Å². The van der Waals surface area contributed by atoms with Gasteiger partial charge in [0.1, 0.15) is 11.6 Å². The molecule has 0 fully saturated rings. The largest absolute Gasteiger partial charge is 0.494 e. The Kier molecular flexibility index (Phi) is 5.35. The molecule has 0 N–H and O–H groups in total. The third kappa shape index (κ3) is 4.63. The Morgan fingerprint density at radius 3 is 2.20 bits per heavy atom. The summed E-state index contributed by atoms with van der Waals surface area (Å²) in [4.78, 5) is 0. The summed E-state index contributed by atoms with van der Waals surface area (Å²) < 4.78 is 18.5. The Morgan fingerprint density at radius 1 is 0.800 bits per heavy atom. The van der Waals surface area contributed by atoms with Crippen LogP contribution < -0.4 is 4.74 Å². The molecule has 3 rings (SSSR count). The zero-order valence-electron chi connectivity index (χ0n) is 14.0. The van der Waals surface area contributed by atoms with Crippen molar-refractivity contribution < 1.29 is 9.13 Å². The number of fused-ring (bicyclic) bond motifs is 1. The van der Waals surface area contributed by atoms with E-state index in [0.29, 0.717) is 0 Å². The Morgan fingerprint density at radius 2 is 1.44 bits per heavy atom. The normalized spacial score (nSPS) is 9.68. The van der Waals surface area contributed by atoms with E-state index < -0.39 is 0 Å². The minimum absolute atomic E-state index is 0.268. The summed E-state index contributed by atoms with van der Waals surface area (Å²) in [5.74, 6) is 12.2. The highest BCUT2D eigenvalue weighted by Crippen LogP contribution is 2.22. The first kappa shape index (κ1) is 16.6. The number of rotatable bonds is 3. The molecule has 0 unspecified atom stereocenters. The standard InChI is InChI=1S/C23H17FO/c1-2-15-25-23-14-11-20-16-19(7-10-21(20)17-23)6-4-3-5-18-8-12-22(24)13-9-18/h7-14,16-17H,2,15H2,1H3. The lowest BCUT2D eigenvalue weighted by Crippen LogP contribution is -1.94. The first-order valence-corrected chi connectivity index (χ1v) is 8.19. The van der Waals surface area contributed by atoms with Gasteiger partial charge in [0.2, 0.25) is 0 Å². The summed E-state index contributed by atoms with van der Waals surface area (Å²) in [6, 6.07) is 18.1. The topological polar surface area (TPSA) is 9.23 Å². The van der Waals surface area contributed by atoms with Gasteiger partial charge in [-0.05, 0) is 77.6 Å². The van der Waals surface area contributed by atoms with Crippen molar-refractivity contribution in [2.24, 2.45) is 0 Å². The van der Waals surface area contributed by atoms with Crippen molar-refractivity contribution in [3.05, 3.63) is 77.6 Å². The first-order chi connectivity index (χ1) is 12.2. The third-order valence-corrected chi connectivity index (χ3v) is 3.60. The SMILES string of the molecule is CCCOc1ccc2cc(C#CC#Cc3ccc(F)cc3)ccc2c1. The molecular formula is C23H17FO. The highest BCUT2D eigenvalue weighted by molar-refractivity contribution is 5.85. The van der Waals surface area contributed by atoms with Gasteiger partial charge in [-0.15, -0.1) is 0 Å². The zero-order valence-corrected chi connectivity index (χ0v) is 14.0. The van der Waals surface area contributed by atoms with Crippen molar-refractivity contribution in [3.63, 3.8) is 0 Å². The Hall–Kier alpha value is -3.23. The van der Waals surface area contributed by atoms with Crippen molar-refractivity contribution in [1.29, 1.82) is 0 Å². The van der Waals surface area contributed by atoms with E-state index in [9.17, 15) is 4.39 Å². The smallest absolute Gasteiger partial charge is 0.123 e. The molecular weight excluding hydrogens is 311 g/mol. The van der Waals surface area contributed by atoms with E-state index in [4.69, 9.17) is 4.74 Å². The summed E-state index contributed by atoms with van der Waals surface area (Å²) in [5.41, 5.74) is 1.65. The number of halogens is 1. The molecule has 0 aliphatic carbocycles. The van der Waals surface area contributed by atoms with Crippen LogP contribution in [0.5, 0.6) is 5.75 Å². The average molecular weight is 328 g/mol. The maximum absolute atomic E-state index is 12.8. The molecule has 0 radical (unpaired) electrons.